The summed E-state index contributed by atoms with van der Waals surface area (Å²) in [5, 5.41) is 9.22. The first-order chi connectivity index (χ1) is 16.7. The number of aliphatic carboxylic acids is 1. The van der Waals surface area contributed by atoms with Crippen molar-refractivity contribution in [3.63, 3.8) is 0 Å². The summed E-state index contributed by atoms with van der Waals surface area (Å²) in [5.41, 5.74) is 3.50. The van der Waals surface area contributed by atoms with Gasteiger partial charge in [-0.15, -0.1) is 0 Å². The maximum absolute atomic E-state index is 11.2. The van der Waals surface area contributed by atoms with Crippen molar-refractivity contribution in [3.05, 3.63) is 79.4 Å². The Labute approximate surface area is 206 Å². The molecule has 7 nitrogen and oxygen atoms in total. The summed E-state index contributed by atoms with van der Waals surface area (Å²) in [7, 11) is 0. The highest BCUT2D eigenvalue weighted by molar-refractivity contribution is 6.01. The summed E-state index contributed by atoms with van der Waals surface area (Å²) >= 11 is 0. The minimum absolute atomic E-state index is 0.0910. The first-order valence-corrected chi connectivity index (χ1v) is 11.6. The fourth-order valence-electron chi connectivity index (χ4n) is 3.19. The molecule has 0 radical (unpaired) electrons. The van der Waals surface area contributed by atoms with Crippen molar-refractivity contribution in [1.82, 2.24) is 15.0 Å². The molecule has 1 unspecified atom stereocenters. The molecule has 0 aliphatic heterocycles. The van der Waals surface area contributed by atoms with E-state index in [-0.39, 0.29) is 12.5 Å². The lowest BCUT2D eigenvalue weighted by Gasteiger charge is -2.19. The number of H-pyrrole nitrogens is 1. The second kappa shape index (κ2) is 11.4. The Bertz CT molecular complexity index is 1210. The van der Waals surface area contributed by atoms with Gasteiger partial charge in [0.05, 0.1) is 28.7 Å². The van der Waals surface area contributed by atoms with Crippen LogP contribution in [0.5, 0.6) is 5.75 Å². The Morgan fingerprint density at radius 2 is 1.89 bits per heavy atom. The number of aliphatic imine (C=N–C) groups is 1. The van der Waals surface area contributed by atoms with Crippen molar-refractivity contribution in [3.8, 4) is 28.4 Å². The molecule has 0 aliphatic rings. The van der Waals surface area contributed by atoms with Crippen molar-refractivity contribution in [2.24, 2.45) is 16.3 Å². The number of carboxylic acid groups (broad SMARTS) is 1. The molecule has 0 aliphatic carbocycles. The van der Waals surface area contributed by atoms with Crippen molar-refractivity contribution in [1.29, 1.82) is 0 Å². The summed E-state index contributed by atoms with van der Waals surface area (Å²) in [4.78, 5) is 28.3. The second-order valence-electron chi connectivity index (χ2n) is 8.98. The lowest BCUT2D eigenvalue weighted by molar-refractivity contribution is -0.148. The fourth-order valence-corrected chi connectivity index (χ4v) is 3.19. The molecule has 0 fully saturated rings. The first-order valence-electron chi connectivity index (χ1n) is 11.6. The van der Waals surface area contributed by atoms with Crippen LogP contribution >= 0.6 is 0 Å². The van der Waals surface area contributed by atoms with Crippen molar-refractivity contribution >= 4 is 11.7 Å². The third-order valence-electron chi connectivity index (χ3n) is 5.73. The van der Waals surface area contributed by atoms with Crippen LogP contribution in [0.2, 0.25) is 0 Å². The van der Waals surface area contributed by atoms with E-state index in [1.54, 1.807) is 44.6 Å². The Morgan fingerprint density at radius 3 is 2.49 bits per heavy atom. The molecule has 1 aromatic carbocycles. The van der Waals surface area contributed by atoms with Gasteiger partial charge in [0, 0.05) is 29.4 Å². The number of imidazole rings is 1. The highest BCUT2D eigenvalue weighted by Gasteiger charge is 2.28. The molecule has 182 valence electrons. The fraction of sp³-hybridized carbons (Fsp3) is 0.286. The van der Waals surface area contributed by atoms with E-state index in [0.29, 0.717) is 5.75 Å². The molecular formula is C28H32N4O3. The number of carboxylic acids is 1. The number of pyridine rings is 1. The topological polar surface area (TPSA) is 100 Å². The van der Waals surface area contributed by atoms with Gasteiger partial charge >= 0.3 is 5.97 Å². The molecule has 0 bridgehead atoms. The quantitative estimate of drug-likeness (QED) is 0.257. The van der Waals surface area contributed by atoms with Crippen LogP contribution in [-0.4, -0.2) is 38.3 Å². The van der Waals surface area contributed by atoms with E-state index >= 15 is 0 Å². The van der Waals surface area contributed by atoms with Crippen LogP contribution in [0.3, 0.4) is 0 Å². The SMILES string of the molecule is C=C/C=C\N=C(c1cnc(-c2ccc(-c3ccc(OCC(C)(C)C(=O)O)cc3)nc2)[nH]1)C(C)CC. The van der Waals surface area contributed by atoms with Gasteiger partial charge in [0.1, 0.15) is 18.2 Å². The number of ether oxygens (including phenoxy) is 1. The van der Waals surface area contributed by atoms with Crippen molar-refractivity contribution < 1.29 is 14.6 Å². The lowest BCUT2D eigenvalue weighted by Crippen LogP contribution is -2.30. The van der Waals surface area contributed by atoms with E-state index < -0.39 is 11.4 Å². The number of aromatic nitrogens is 3. The monoisotopic (exact) mass is 472 g/mol. The summed E-state index contributed by atoms with van der Waals surface area (Å²) in [6, 6.07) is 11.4. The van der Waals surface area contributed by atoms with E-state index in [1.807, 2.05) is 36.4 Å². The molecule has 0 amide bonds. The number of allylic oxidation sites excluding steroid dienone is 2. The van der Waals surface area contributed by atoms with Gasteiger partial charge in [0.25, 0.3) is 0 Å². The molecule has 2 heterocycles. The van der Waals surface area contributed by atoms with Crippen LogP contribution in [0, 0.1) is 11.3 Å². The van der Waals surface area contributed by atoms with Gasteiger partial charge < -0.3 is 14.8 Å². The van der Waals surface area contributed by atoms with Crippen LogP contribution in [0.1, 0.15) is 39.8 Å². The number of nitrogens with one attached hydrogen (secondary N) is 1. The van der Waals surface area contributed by atoms with Gasteiger partial charge in [-0.05, 0) is 62.7 Å². The molecule has 35 heavy (non-hydrogen) atoms. The molecule has 3 aromatic rings. The Balaban J connectivity index is 1.73. The molecule has 2 N–H and O–H groups in total. The maximum Gasteiger partial charge on any atom is 0.312 e. The Kier molecular flexibility index (Phi) is 8.36. The van der Waals surface area contributed by atoms with Crippen molar-refractivity contribution in [2.75, 3.05) is 6.61 Å². The van der Waals surface area contributed by atoms with Gasteiger partial charge in [-0.25, -0.2) is 4.98 Å². The molecule has 7 heteroatoms. The van der Waals surface area contributed by atoms with Crippen LogP contribution in [-0.2, 0) is 4.79 Å². The third-order valence-corrected chi connectivity index (χ3v) is 5.73. The second-order valence-corrected chi connectivity index (χ2v) is 8.98. The van der Waals surface area contributed by atoms with Crippen LogP contribution in [0.15, 0.2) is 78.7 Å². The predicted octanol–water partition coefficient (Wildman–Crippen LogP) is 6.16. The molecular weight excluding hydrogens is 440 g/mol. The molecule has 0 spiro atoms. The number of hydrogen-bond donors (Lipinski definition) is 2. The molecule has 2 aromatic heterocycles. The summed E-state index contributed by atoms with van der Waals surface area (Å²) in [5.74, 6) is 0.729. The zero-order valence-electron chi connectivity index (χ0n) is 20.7. The number of nitrogens with zero attached hydrogens (tertiary/aromatic N) is 3. The van der Waals surface area contributed by atoms with E-state index in [1.165, 1.54) is 0 Å². The smallest absolute Gasteiger partial charge is 0.312 e. The molecule has 0 saturated carbocycles. The summed E-state index contributed by atoms with van der Waals surface area (Å²) < 4.78 is 5.64. The molecule has 3 rings (SSSR count). The zero-order valence-corrected chi connectivity index (χ0v) is 20.7. The normalized spacial score (nSPS) is 13.1. The van der Waals surface area contributed by atoms with Crippen LogP contribution in [0.25, 0.3) is 22.6 Å². The number of rotatable bonds is 11. The van der Waals surface area contributed by atoms with Crippen LogP contribution in [0.4, 0.5) is 0 Å². The van der Waals surface area contributed by atoms with E-state index in [9.17, 15) is 9.90 Å². The summed E-state index contributed by atoms with van der Waals surface area (Å²) in [6.45, 7) is 11.3. The average Bonchev–Trinajstić information content (AvgIpc) is 3.35. The lowest BCUT2D eigenvalue weighted by atomic mass is 9.95. The Hall–Kier alpha value is -4.00. The highest BCUT2D eigenvalue weighted by Crippen LogP contribution is 2.25. The average molecular weight is 473 g/mol. The number of benzene rings is 1. The minimum atomic E-state index is -0.953. The van der Waals surface area contributed by atoms with Gasteiger partial charge in [-0.2, -0.15) is 0 Å². The Morgan fingerprint density at radius 1 is 1.17 bits per heavy atom. The van der Waals surface area contributed by atoms with Crippen molar-refractivity contribution in [2.45, 2.75) is 34.1 Å². The van der Waals surface area contributed by atoms with Gasteiger partial charge in [-0.1, -0.05) is 26.5 Å². The van der Waals surface area contributed by atoms with E-state index in [0.717, 1.165) is 40.5 Å². The van der Waals surface area contributed by atoms with Gasteiger partial charge in [0.2, 0.25) is 0 Å². The number of carbonyl (C=O) groups is 1. The molecule has 1 atom stereocenters. The minimum Gasteiger partial charge on any atom is -0.492 e. The maximum atomic E-state index is 11.2. The number of aromatic amines is 1. The van der Waals surface area contributed by atoms with Gasteiger partial charge in [0.15, 0.2) is 0 Å². The van der Waals surface area contributed by atoms with Crippen LogP contribution < -0.4 is 4.74 Å². The largest absolute Gasteiger partial charge is 0.492 e. The highest BCUT2D eigenvalue weighted by atomic mass is 16.5. The van der Waals surface area contributed by atoms with E-state index in [2.05, 4.69) is 40.4 Å². The predicted molar refractivity (Wildman–Crippen MR) is 139 cm³/mol. The number of hydrogen-bond acceptors (Lipinski definition) is 5. The molecule has 0 saturated heterocycles. The third kappa shape index (κ3) is 6.53. The van der Waals surface area contributed by atoms with E-state index in [4.69, 9.17) is 4.74 Å². The summed E-state index contributed by atoms with van der Waals surface area (Å²) in [6.07, 6.45) is 9.80. The standard InChI is InChI=1S/C28H32N4O3/c1-6-8-15-29-25(19(3)7-2)24-17-31-26(32-24)21-11-14-23(30-16-21)20-9-12-22(13-10-20)35-18-28(4,5)27(33)34/h6,8-17,19H,1,7,18H2,2-5H3,(H,31,32)(H,33,34)/b15-8-,29-25?. The zero-order chi connectivity index (χ0) is 25.4. The van der Waals surface area contributed by atoms with Gasteiger partial charge in [-0.3, -0.25) is 14.8 Å². The first kappa shape index (κ1) is 25.6.